The van der Waals surface area contributed by atoms with Crippen LogP contribution < -0.4 is 4.90 Å². The summed E-state index contributed by atoms with van der Waals surface area (Å²) in [5, 5.41) is 0. The number of hydrogen-bond acceptors (Lipinski definition) is 4. The fourth-order valence-electron chi connectivity index (χ4n) is 2.79. The molecule has 0 radical (unpaired) electrons. The first kappa shape index (κ1) is 16.3. The van der Waals surface area contributed by atoms with Crippen LogP contribution in [-0.4, -0.2) is 27.8 Å². The number of benzene rings is 1. The Morgan fingerprint density at radius 3 is 2.33 bits per heavy atom. The summed E-state index contributed by atoms with van der Waals surface area (Å²) in [5.74, 6) is 0. The molecule has 118 valence electrons. The van der Waals surface area contributed by atoms with Crippen LogP contribution in [0.4, 0.5) is 5.69 Å². The third-order valence-electron chi connectivity index (χ3n) is 4.15. The van der Waals surface area contributed by atoms with Crippen LogP contribution in [0.1, 0.15) is 45.3 Å². The van der Waals surface area contributed by atoms with Gasteiger partial charge in [0, 0.05) is 24.3 Å². The molecule has 21 heavy (non-hydrogen) atoms. The summed E-state index contributed by atoms with van der Waals surface area (Å²) in [5.41, 5.74) is 2.41. The maximum Gasteiger partial charge on any atom is 0.264 e. The summed E-state index contributed by atoms with van der Waals surface area (Å²) in [4.78, 5) is 2.34. The highest BCUT2D eigenvalue weighted by atomic mass is 32.2. The zero-order chi connectivity index (χ0) is 15.7. The summed E-state index contributed by atoms with van der Waals surface area (Å²) in [6.07, 6.45) is 2.91. The number of hydrogen-bond donors (Lipinski definition) is 0. The van der Waals surface area contributed by atoms with Crippen LogP contribution in [0.5, 0.6) is 0 Å². The van der Waals surface area contributed by atoms with Crippen LogP contribution >= 0.6 is 0 Å². The average Bonchev–Trinajstić information content (AvgIpc) is 2.37. The summed E-state index contributed by atoms with van der Waals surface area (Å²) >= 11 is 0. The van der Waals surface area contributed by atoms with Gasteiger partial charge in [-0.2, -0.15) is 8.42 Å². The zero-order valence-electron chi connectivity index (χ0n) is 13.3. The third-order valence-corrected chi connectivity index (χ3v) is 4.79. The van der Waals surface area contributed by atoms with Gasteiger partial charge < -0.3 is 4.90 Å². The van der Waals surface area contributed by atoms with E-state index < -0.39 is 16.2 Å². The van der Waals surface area contributed by atoms with Crippen molar-refractivity contribution >= 4 is 15.8 Å². The molecule has 2 rings (SSSR count). The SMILES string of the molecule is CC(OS(C)(=O)=O)c1ccccc1N1CCC(C)(C)CC1. The molecule has 1 aliphatic heterocycles. The van der Waals surface area contributed by atoms with Gasteiger partial charge in [-0.3, -0.25) is 4.18 Å². The van der Waals surface area contributed by atoms with Crippen molar-refractivity contribution in [2.24, 2.45) is 5.41 Å². The predicted octanol–water partition coefficient (Wildman–Crippen LogP) is 3.35. The smallest absolute Gasteiger partial charge is 0.264 e. The molecular weight excluding hydrogens is 286 g/mol. The first-order chi connectivity index (χ1) is 9.68. The second kappa shape index (κ2) is 5.97. The Morgan fingerprint density at radius 1 is 1.19 bits per heavy atom. The lowest BCUT2D eigenvalue weighted by atomic mass is 9.82. The monoisotopic (exact) mass is 311 g/mol. The van der Waals surface area contributed by atoms with Crippen molar-refractivity contribution in [2.45, 2.75) is 39.7 Å². The topological polar surface area (TPSA) is 46.6 Å². The Morgan fingerprint density at radius 2 is 1.76 bits per heavy atom. The fraction of sp³-hybridized carbons (Fsp3) is 0.625. The van der Waals surface area contributed by atoms with E-state index >= 15 is 0 Å². The number of nitrogens with zero attached hydrogens (tertiary/aromatic N) is 1. The molecule has 0 saturated carbocycles. The number of rotatable bonds is 4. The Hall–Kier alpha value is -1.07. The van der Waals surface area contributed by atoms with Crippen molar-refractivity contribution in [2.75, 3.05) is 24.2 Å². The average molecular weight is 311 g/mol. The summed E-state index contributed by atoms with van der Waals surface area (Å²) in [6, 6.07) is 7.92. The molecule has 0 aliphatic carbocycles. The first-order valence-corrected chi connectivity index (χ1v) is 9.22. The highest BCUT2D eigenvalue weighted by Gasteiger charge is 2.27. The second-order valence-corrected chi connectivity index (χ2v) is 8.25. The van der Waals surface area contributed by atoms with Gasteiger partial charge in [-0.15, -0.1) is 0 Å². The van der Waals surface area contributed by atoms with Crippen molar-refractivity contribution in [1.82, 2.24) is 0 Å². The summed E-state index contributed by atoms with van der Waals surface area (Å²) < 4.78 is 27.8. The van der Waals surface area contributed by atoms with E-state index in [0.717, 1.165) is 43.4 Å². The second-order valence-electron chi connectivity index (χ2n) is 6.65. The molecule has 0 bridgehead atoms. The largest absolute Gasteiger partial charge is 0.371 e. The molecule has 0 spiro atoms. The van der Waals surface area contributed by atoms with Crippen molar-refractivity contribution in [3.05, 3.63) is 29.8 Å². The normalized spacial score (nSPS) is 20.3. The van der Waals surface area contributed by atoms with Gasteiger partial charge in [0.25, 0.3) is 10.1 Å². The van der Waals surface area contributed by atoms with Gasteiger partial charge in [0.05, 0.1) is 6.26 Å². The summed E-state index contributed by atoms with van der Waals surface area (Å²) in [6.45, 7) is 8.37. The van der Waals surface area contributed by atoms with Crippen molar-refractivity contribution in [3.8, 4) is 0 Å². The number of anilines is 1. The van der Waals surface area contributed by atoms with Crippen LogP contribution in [0, 0.1) is 5.41 Å². The maximum absolute atomic E-state index is 11.4. The molecule has 1 aliphatic rings. The van der Waals surface area contributed by atoms with E-state index in [-0.39, 0.29) is 0 Å². The molecule has 1 aromatic rings. The van der Waals surface area contributed by atoms with Gasteiger partial charge in [-0.1, -0.05) is 32.0 Å². The minimum Gasteiger partial charge on any atom is -0.371 e. The van der Waals surface area contributed by atoms with Crippen molar-refractivity contribution < 1.29 is 12.6 Å². The highest BCUT2D eigenvalue weighted by molar-refractivity contribution is 7.86. The fourth-order valence-corrected chi connectivity index (χ4v) is 3.41. The Balaban J connectivity index is 2.21. The molecule has 5 heteroatoms. The van der Waals surface area contributed by atoms with Crippen LogP contribution in [0.25, 0.3) is 0 Å². The van der Waals surface area contributed by atoms with Gasteiger partial charge in [0.15, 0.2) is 0 Å². The van der Waals surface area contributed by atoms with Crippen LogP contribution in [0.15, 0.2) is 24.3 Å². The molecule has 1 heterocycles. The molecule has 1 aromatic carbocycles. The van der Waals surface area contributed by atoms with Crippen LogP contribution in [0.3, 0.4) is 0 Å². The first-order valence-electron chi connectivity index (χ1n) is 7.40. The lowest BCUT2D eigenvalue weighted by Gasteiger charge is -2.39. The third kappa shape index (κ3) is 4.45. The predicted molar refractivity (Wildman–Crippen MR) is 86.0 cm³/mol. The maximum atomic E-state index is 11.4. The lowest BCUT2D eigenvalue weighted by molar-refractivity contribution is 0.236. The standard InChI is InChI=1S/C16H25NO3S/c1-13(20-21(4,18)19)14-7-5-6-8-15(14)17-11-9-16(2,3)10-12-17/h5-8,13H,9-12H2,1-4H3. The van der Waals surface area contributed by atoms with Crippen LogP contribution in [-0.2, 0) is 14.3 Å². The van der Waals surface area contributed by atoms with E-state index in [4.69, 9.17) is 4.18 Å². The van der Waals surface area contributed by atoms with E-state index in [1.165, 1.54) is 0 Å². The molecule has 0 N–H and O–H groups in total. The Bertz CT molecular complexity index is 585. The van der Waals surface area contributed by atoms with Gasteiger partial charge >= 0.3 is 0 Å². The molecule has 4 nitrogen and oxygen atoms in total. The van der Waals surface area contributed by atoms with Gasteiger partial charge in [-0.05, 0) is 31.2 Å². The van der Waals surface area contributed by atoms with Crippen molar-refractivity contribution in [1.29, 1.82) is 0 Å². The van der Waals surface area contributed by atoms with Gasteiger partial charge in [0.2, 0.25) is 0 Å². The van der Waals surface area contributed by atoms with Crippen LogP contribution in [0.2, 0.25) is 0 Å². The lowest BCUT2D eigenvalue weighted by Crippen LogP contribution is -2.37. The van der Waals surface area contributed by atoms with E-state index in [2.05, 4.69) is 24.8 Å². The number of para-hydroxylation sites is 1. The molecule has 1 atom stereocenters. The molecule has 1 saturated heterocycles. The van der Waals surface area contributed by atoms with E-state index in [1.54, 1.807) is 6.92 Å². The van der Waals surface area contributed by atoms with E-state index in [1.807, 2.05) is 18.2 Å². The van der Waals surface area contributed by atoms with E-state index in [9.17, 15) is 8.42 Å². The minimum absolute atomic E-state index is 0.389. The Kier molecular flexibility index (Phi) is 4.63. The zero-order valence-corrected chi connectivity index (χ0v) is 14.1. The molecule has 0 amide bonds. The molecular formula is C16H25NO3S. The van der Waals surface area contributed by atoms with E-state index in [0.29, 0.717) is 5.41 Å². The minimum atomic E-state index is -3.46. The highest BCUT2D eigenvalue weighted by Crippen LogP contribution is 2.35. The summed E-state index contributed by atoms with van der Waals surface area (Å²) in [7, 11) is -3.46. The quantitative estimate of drug-likeness (QED) is 0.800. The molecule has 1 fully saturated rings. The molecule has 0 aromatic heterocycles. The van der Waals surface area contributed by atoms with Gasteiger partial charge in [-0.25, -0.2) is 0 Å². The Labute approximate surface area is 128 Å². The molecule has 1 unspecified atom stereocenters. The number of piperidine rings is 1. The van der Waals surface area contributed by atoms with Crippen molar-refractivity contribution in [3.63, 3.8) is 0 Å². The van der Waals surface area contributed by atoms with Gasteiger partial charge in [0.1, 0.15) is 6.10 Å².